The van der Waals surface area contributed by atoms with Crippen molar-refractivity contribution in [2.24, 2.45) is 0 Å². The maximum absolute atomic E-state index is 13.1. The maximum Gasteiger partial charge on any atom is 0.166 e. The first-order valence-electron chi connectivity index (χ1n) is 13.3. The second-order valence-corrected chi connectivity index (χ2v) is 13.3. The average Bonchev–Trinajstić information content (AvgIpc) is 3.53. The molecule has 1 aliphatic heterocycles. The summed E-state index contributed by atoms with van der Waals surface area (Å²) in [5.74, 6) is 0.913. The minimum Gasteiger partial charge on any atom is -0.488 e. The fourth-order valence-corrected chi connectivity index (χ4v) is 6.24. The van der Waals surface area contributed by atoms with Gasteiger partial charge in [0.25, 0.3) is 0 Å². The minimum absolute atomic E-state index is 0.0719. The lowest BCUT2D eigenvalue weighted by Gasteiger charge is -2.25. The van der Waals surface area contributed by atoms with Crippen LogP contribution in [0.4, 0.5) is 0 Å². The second kappa shape index (κ2) is 11.6. The van der Waals surface area contributed by atoms with Crippen LogP contribution in [0.2, 0.25) is 5.02 Å². The van der Waals surface area contributed by atoms with Crippen molar-refractivity contribution in [2.75, 3.05) is 6.54 Å². The standard InChI is InChI=1S/C32H35ClN2O2S/c1-32(2,3)38-31-19-24-18-26(15-16-28(24)35(31)21-22-11-13-25(33)14-12-22)37-30(27-10-7-17-34-27)20-29(36)23-8-5-4-6-9-23/h4-6,8-9,11-16,18-19,27,30,34H,7,10,17,20-21H2,1-3H3. The molecule has 0 saturated carbocycles. The molecular formula is C32H35ClN2O2S. The Hall–Kier alpha value is -2.73. The zero-order valence-corrected chi connectivity index (χ0v) is 23.8. The van der Waals surface area contributed by atoms with Gasteiger partial charge in [0.05, 0.1) is 5.03 Å². The van der Waals surface area contributed by atoms with Crippen molar-refractivity contribution in [1.29, 1.82) is 0 Å². The number of nitrogens with one attached hydrogen (secondary N) is 1. The molecule has 1 aromatic heterocycles. The van der Waals surface area contributed by atoms with Crippen LogP contribution in [0, 0.1) is 0 Å². The van der Waals surface area contributed by atoms with Crippen LogP contribution in [0.15, 0.2) is 83.9 Å². The summed E-state index contributed by atoms with van der Waals surface area (Å²) < 4.78 is 9.01. The SMILES string of the molecule is CC(C)(C)Sc1cc2cc(OC(CC(=O)c3ccccc3)C3CCCN3)ccc2n1Cc1ccc(Cl)cc1. The Balaban J connectivity index is 1.43. The van der Waals surface area contributed by atoms with E-state index in [0.717, 1.165) is 53.2 Å². The van der Waals surface area contributed by atoms with Gasteiger partial charge in [-0.05, 0) is 61.3 Å². The molecular weight excluding hydrogens is 512 g/mol. The monoisotopic (exact) mass is 546 g/mol. The number of carbonyl (C=O) groups is 1. The maximum atomic E-state index is 13.1. The van der Waals surface area contributed by atoms with E-state index in [4.69, 9.17) is 16.3 Å². The van der Waals surface area contributed by atoms with E-state index < -0.39 is 0 Å². The lowest BCUT2D eigenvalue weighted by atomic mass is 9.99. The molecule has 38 heavy (non-hydrogen) atoms. The van der Waals surface area contributed by atoms with E-state index in [1.54, 1.807) is 0 Å². The number of fused-ring (bicyclic) bond motifs is 1. The summed E-state index contributed by atoms with van der Waals surface area (Å²) in [6, 6.07) is 26.3. The summed E-state index contributed by atoms with van der Waals surface area (Å²) in [5.41, 5.74) is 3.10. The first kappa shape index (κ1) is 26.9. The molecule has 6 heteroatoms. The molecule has 2 atom stereocenters. The predicted octanol–water partition coefficient (Wildman–Crippen LogP) is 8.01. The van der Waals surface area contributed by atoms with E-state index in [9.17, 15) is 4.79 Å². The Morgan fingerprint density at radius 2 is 1.84 bits per heavy atom. The number of hydrogen-bond donors (Lipinski definition) is 1. The van der Waals surface area contributed by atoms with Gasteiger partial charge >= 0.3 is 0 Å². The fourth-order valence-electron chi connectivity index (χ4n) is 5.03. The Labute approximate surface area is 234 Å². The van der Waals surface area contributed by atoms with Crippen molar-refractivity contribution in [1.82, 2.24) is 9.88 Å². The minimum atomic E-state index is -0.220. The molecule has 1 saturated heterocycles. The molecule has 1 N–H and O–H groups in total. The second-order valence-electron chi connectivity index (χ2n) is 11.0. The average molecular weight is 547 g/mol. The number of halogens is 1. The van der Waals surface area contributed by atoms with Crippen molar-refractivity contribution in [3.05, 3.63) is 95.0 Å². The van der Waals surface area contributed by atoms with E-state index in [0.29, 0.717) is 6.42 Å². The number of benzene rings is 3. The van der Waals surface area contributed by atoms with Crippen LogP contribution in [-0.2, 0) is 6.54 Å². The van der Waals surface area contributed by atoms with Crippen LogP contribution < -0.4 is 10.1 Å². The zero-order chi connectivity index (χ0) is 26.7. The van der Waals surface area contributed by atoms with Crippen molar-refractivity contribution in [2.45, 2.75) is 68.5 Å². The number of nitrogens with zero attached hydrogens (tertiary/aromatic N) is 1. The lowest BCUT2D eigenvalue weighted by Crippen LogP contribution is -2.40. The zero-order valence-electron chi connectivity index (χ0n) is 22.2. The number of ether oxygens (including phenoxy) is 1. The van der Waals surface area contributed by atoms with Crippen molar-refractivity contribution in [3.8, 4) is 5.75 Å². The van der Waals surface area contributed by atoms with Gasteiger partial charge in [-0.15, -0.1) is 11.8 Å². The molecule has 198 valence electrons. The molecule has 5 rings (SSSR count). The Kier molecular flexibility index (Phi) is 8.18. The van der Waals surface area contributed by atoms with Crippen molar-refractivity contribution < 1.29 is 9.53 Å². The number of aromatic nitrogens is 1. The summed E-state index contributed by atoms with van der Waals surface area (Å²) in [7, 11) is 0. The molecule has 4 aromatic rings. The molecule has 0 radical (unpaired) electrons. The first-order chi connectivity index (χ1) is 18.2. The number of thioether (sulfide) groups is 1. The van der Waals surface area contributed by atoms with E-state index >= 15 is 0 Å². The largest absolute Gasteiger partial charge is 0.488 e. The molecule has 4 nitrogen and oxygen atoms in total. The van der Waals surface area contributed by atoms with Gasteiger partial charge in [0.2, 0.25) is 0 Å². The molecule has 0 aliphatic carbocycles. The summed E-state index contributed by atoms with van der Waals surface area (Å²) >= 11 is 7.99. The first-order valence-corrected chi connectivity index (χ1v) is 14.5. The highest BCUT2D eigenvalue weighted by molar-refractivity contribution is 8.00. The molecule has 1 fully saturated rings. The smallest absolute Gasteiger partial charge is 0.166 e. The highest BCUT2D eigenvalue weighted by atomic mass is 35.5. The third kappa shape index (κ3) is 6.63. The number of hydrogen-bond acceptors (Lipinski definition) is 4. The molecule has 0 amide bonds. The van der Waals surface area contributed by atoms with Crippen LogP contribution in [0.1, 0.15) is 56.0 Å². The predicted molar refractivity (Wildman–Crippen MR) is 159 cm³/mol. The van der Waals surface area contributed by atoms with E-state index in [1.807, 2.05) is 60.3 Å². The van der Waals surface area contributed by atoms with Crippen molar-refractivity contribution in [3.63, 3.8) is 0 Å². The van der Waals surface area contributed by atoms with Crippen LogP contribution in [0.5, 0.6) is 5.75 Å². The van der Waals surface area contributed by atoms with Gasteiger partial charge in [0.15, 0.2) is 5.78 Å². The van der Waals surface area contributed by atoms with Gasteiger partial charge in [-0.1, -0.05) is 74.8 Å². The van der Waals surface area contributed by atoms with E-state index in [2.05, 4.69) is 61.0 Å². The van der Waals surface area contributed by atoms with Gasteiger partial charge in [0.1, 0.15) is 11.9 Å². The van der Waals surface area contributed by atoms with Crippen LogP contribution in [-0.4, -0.2) is 33.8 Å². The molecule has 0 spiro atoms. The van der Waals surface area contributed by atoms with E-state index in [1.165, 1.54) is 10.6 Å². The molecule has 0 bridgehead atoms. The summed E-state index contributed by atoms with van der Waals surface area (Å²) in [5, 5.41) is 6.64. The van der Waals surface area contributed by atoms with Crippen LogP contribution in [0.3, 0.4) is 0 Å². The van der Waals surface area contributed by atoms with Crippen molar-refractivity contribution >= 4 is 40.0 Å². The van der Waals surface area contributed by atoms with Gasteiger partial charge in [-0.2, -0.15) is 0 Å². The quantitative estimate of drug-likeness (QED) is 0.170. The van der Waals surface area contributed by atoms with E-state index in [-0.39, 0.29) is 22.7 Å². The molecule has 2 unspecified atom stereocenters. The van der Waals surface area contributed by atoms with Gasteiger partial charge < -0.3 is 14.6 Å². The molecule has 2 heterocycles. The van der Waals surface area contributed by atoms with Gasteiger partial charge in [-0.25, -0.2) is 0 Å². The topological polar surface area (TPSA) is 43.3 Å². The van der Waals surface area contributed by atoms with Gasteiger partial charge in [0, 0.05) is 45.2 Å². The number of Topliss-reactive ketones (excluding diaryl/α,β-unsaturated/α-hetero) is 1. The molecule has 1 aliphatic rings. The number of carbonyl (C=O) groups excluding carboxylic acids is 1. The third-order valence-corrected chi connectivity index (χ3v) is 8.23. The summed E-state index contributed by atoms with van der Waals surface area (Å²) in [6.07, 6.45) is 2.24. The summed E-state index contributed by atoms with van der Waals surface area (Å²) in [6.45, 7) is 8.43. The lowest BCUT2D eigenvalue weighted by molar-refractivity contribution is 0.0867. The number of ketones is 1. The normalized spacial score (nSPS) is 16.6. The number of rotatable bonds is 9. The molecule has 3 aromatic carbocycles. The highest BCUT2D eigenvalue weighted by Crippen LogP contribution is 2.37. The van der Waals surface area contributed by atoms with Gasteiger partial charge in [-0.3, -0.25) is 4.79 Å². The van der Waals surface area contributed by atoms with Crippen LogP contribution in [0.25, 0.3) is 10.9 Å². The summed E-state index contributed by atoms with van der Waals surface area (Å²) in [4.78, 5) is 13.1. The Bertz CT molecular complexity index is 1390. The third-order valence-electron chi connectivity index (χ3n) is 6.82. The Morgan fingerprint density at radius 3 is 2.53 bits per heavy atom. The van der Waals surface area contributed by atoms with Crippen LogP contribution >= 0.6 is 23.4 Å². The Morgan fingerprint density at radius 1 is 1.08 bits per heavy atom. The fraction of sp³-hybridized carbons (Fsp3) is 0.344. The highest BCUT2D eigenvalue weighted by Gasteiger charge is 2.29.